The van der Waals surface area contributed by atoms with E-state index in [2.05, 4.69) is 53.1 Å². The average Bonchev–Trinajstić information content (AvgIpc) is 2.53. The Balaban J connectivity index is 1.80. The summed E-state index contributed by atoms with van der Waals surface area (Å²) in [6, 6.07) is 14.4. The van der Waals surface area contributed by atoms with Crippen molar-refractivity contribution in [3.8, 4) is 6.07 Å². The number of rotatable bonds is 3. The van der Waals surface area contributed by atoms with Crippen molar-refractivity contribution in [3.05, 3.63) is 35.9 Å². The van der Waals surface area contributed by atoms with Gasteiger partial charge >= 0.3 is 0 Å². The fraction of sp³-hybridized carbons (Fsp3) is 0.611. The highest BCUT2D eigenvalue weighted by atomic mass is 15.3. The lowest BCUT2D eigenvalue weighted by Gasteiger charge is -2.49. The van der Waals surface area contributed by atoms with Gasteiger partial charge in [0.05, 0.1) is 12.5 Å². The molecule has 0 aromatic heterocycles. The Morgan fingerprint density at radius 2 is 2.05 bits per heavy atom. The van der Waals surface area contributed by atoms with Gasteiger partial charge in [-0.25, -0.2) is 0 Å². The van der Waals surface area contributed by atoms with Gasteiger partial charge in [-0.05, 0) is 31.9 Å². The summed E-state index contributed by atoms with van der Waals surface area (Å²) in [6.45, 7) is 5.84. The largest absolute Gasteiger partial charge is 0.298 e. The van der Waals surface area contributed by atoms with Crippen molar-refractivity contribution in [2.24, 2.45) is 0 Å². The fourth-order valence-electron chi connectivity index (χ4n) is 4.00. The van der Waals surface area contributed by atoms with Gasteiger partial charge in [-0.15, -0.1) is 0 Å². The van der Waals surface area contributed by atoms with Crippen molar-refractivity contribution in [2.45, 2.75) is 50.7 Å². The van der Waals surface area contributed by atoms with E-state index >= 15 is 0 Å². The summed E-state index contributed by atoms with van der Waals surface area (Å²) in [5.41, 5.74) is 1.29. The number of piperazine rings is 1. The van der Waals surface area contributed by atoms with Crippen LogP contribution in [0.25, 0.3) is 0 Å². The molecule has 21 heavy (non-hydrogen) atoms. The summed E-state index contributed by atoms with van der Waals surface area (Å²) < 4.78 is 0. The first-order valence-electron chi connectivity index (χ1n) is 8.21. The highest BCUT2D eigenvalue weighted by molar-refractivity contribution is 5.21. The minimum Gasteiger partial charge on any atom is -0.298 e. The molecule has 0 saturated carbocycles. The summed E-state index contributed by atoms with van der Waals surface area (Å²) >= 11 is 0. The van der Waals surface area contributed by atoms with Crippen LogP contribution in [0.15, 0.2) is 30.3 Å². The third kappa shape index (κ3) is 3.12. The predicted octanol–water partition coefficient (Wildman–Crippen LogP) is 3.20. The molecule has 3 nitrogen and oxygen atoms in total. The highest BCUT2D eigenvalue weighted by Crippen LogP contribution is 2.32. The van der Waals surface area contributed by atoms with E-state index in [1.807, 2.05) is 0 Å². The molecule has 3 rings (SSSR count). The van der Waals surface area contributed by atoms with Gasteiger partial charge < -0.3 is 0 Å². The molecule has 2 heterocycles. The minimum atomic E-state index is 0.246. The normalized spacial score (nSPS) is 28.6. The molecule has 1 aromatic carbocycles. The molecular weight excluding hydrogens is 258 g/mol. The number of hydrogen-bond acceptors (Lipinski definition) is 3. The lowest BCUT2D eigenvalue weighted by Crippen LogP contribution is -2.59. The van der Waals surface area contributed by atoms with E-state index in [-0.39, 0.29) is 6.04 Å². The number of piperidine rings is 1. The molecular formula is C18H25N3. The van der Waals surface area contributed by atoms with Crippen LogP contribution in [0.1, 0.15) is 44.2 Å². The predicted molar refractivity (Wildman–Crippen MR) is 84.8 cm³/mol. The van der Waals surface area contributed by atoms with E-state index in [9.17, 15) is 5.26 Å². The maximum atomic E-state index is 9.26. The summed E-state index contributed by atoms with van der Waals surface area (Å²) in [4.78, 5) is 5.24. The van der Waals surface area contributed by atoms with Crippen LogP contribution in [0.4, 0.5) is 0 Å². The molecule has 2 aliphatic heterocycles. The Hall–Kier alpha value is -1.37. The van der Waals surface area contributed by atoms with Gasteiger partial charge in [0, 0.05) is 31.2 Å². The Bertz CT molecular complexity index is 493. The fourth-order valence-corrected chi connectivity index (χ4v) is 4.00. The smallest absolute Gasteiger partial charge is 0.0641 e. The average molecular weight is 283 g/mol. The van der Waals surface area contributed by atoms with Crippen LogP contribution in [0.2, 0.25) is 0 Å². The molecule has 112 valence electrons. The number of fused-ring (bicyclic) bond motifs is 1. The molecule has 2 saturated heterocycles. The van der Waals surface area contributed by atoms with Crippen LogP contribution in [0.5, 0.6) is 0 Å². The number of nitriles is 1. The van der Waals surface area contributed by atoms with Crippen LogP contribution in [-0.2, 0) is 0 Å². The first-order chi connectivity index (χ1) is 10.3. The van der Waals surface area contributed by atoms with E-state index in [0.717, 1.165) is 13.1 Å². The van der Waals surface area contributed by atoms with Gasteiger partial charge in [0.15, 0.2) is 0 Å². The first kappa shape index (κ1) is 14.6. The van der Waals surface area contributed by atoms with Crippen molar-refractivity contribution < 1.29 is 0 Å². The summed E-state index contributed by atoms with van der Waals surface area (Å²) in [5.74, 6) is 0. The van der Waals surface area contributed by atoms with Crippen LogP contribution in [0.3, 0.4) is 0 Å². The molecule has 0 aliphatic carbocycles. The lowest BCUT2D eigenvalue weighted by atomic mass is 9.93. The second-order valence-electron chi connectivity index (χ2n) is 6.48. The third-order valence-electron chi connectivity index (χ3n) is 5.10. The molecule has 3 atom stereocenters. The first-order valence-corrected chi connectivity index (χ1v) is 8.21. The molecule has 0 amide bonds. The molecule has 3 unspecified atom stereocenters. The zero-order valence-corrected chi connectivity index (χ0v) is 12.9. The monoisotopic (exact) mass is 283 g/mol. The molecule has 1 aromatic rings. The zero-order valence-electron chi connectivity index (χ0n) is 12.9. The Kier molecular flexibility index (Phi) is 4.57. The molecule has 2 aliphatic rings. The molecule has 0 bridgehead atoms. The standard InChI is InChI=1S/C18H25N3/c1-15-13-20-12-6-5-9-17(20)14-21(15)18(10-11-19)16-7-3-2-4-8-16/h2-4,7-8,15,17-18H,5-6,9-10,12-14H2,1H3. The van der Waals surface area contributed by atoms with E-state index in [1.54, 1.807) is 0 Å². The maximum absolute atomic E-state index is 9.26. The summed E-state index contributed by atoms with van der Waals surface area (Å²) in [5, 5.41) is 9.26. The van der Waals surface area contributed by atoms with Gasteiger partial charge in [-0.3, -0.25) is 9.80 Å². The van der Waals surface area contributed by atoms with Crippen LogP contribution in [-0.4, -0.2) is 41.5 Å². The van der Waals surface area contributed by atoms with Crippen molar-refractivity contribution in [1.29, 1.82) is 5.26 Å². The Morgan fingerprint density at radius 1 is 1.24 bits per heavy atom. The summed E-state index contributed by atoms with van der Waals surface area (Å²) in [6.07, 6.45) is 4.61. The van der Waals surface area contributed by atoms with Crippen molar-refractivity contribution in [2.75, 3.05) is 19.6 Å². The quantitative estimate of drug-likeness (QED) is 0.853. The lowest BCUT2D eigenvalue weighted by molar-refractivity contribution is -0.00765. The van der Waals surface area contributed by atoms with Gasteiger partial charge in [-0.2, -0.15) is 5.26 Å². The van der Waals surface area contributed by atoms with Crippen LogP contribution < -0.4 is 0 Å². The number of hydrogen-bond donors (Lipinski definition) is 0. The number of benzene rings is 1. The Labute approximate surface area is 128 Å². The van der Waals surface area contributed by atoms with Crippen LogP contribution in [0, 0.1) is 11.3 Å². The van der Waals surface area contributed by atoms with Gasteiger partial charge in [-0.1, -0.05) is 36.8 Å². The molecule has 0 N–H and O–H groups in total. The SMILES string of the molecule is CC1CN2CCCCC2CN1C(CC#N)c1ccccc1. The molecule has 3 heteroatoms. The van der Waals surface area contributed by atoms with Gasteiger partial charge in [0.2, 0.25) is 0 Å². The van der Waals surface area contributed by atoms with Gasteiger partial charge in [0.25, 0.3) is 0 Å². The summed E-state index contributed by atoms with van der Waals surface area (Å²) in [7, 11) is 0. The van der Waals surface area contributed by atoms with E-state index in [4.69, 9.17) is 0 Å². The highest BCUT2D eigenvalue weighted by Gasteiger charge is 2.36. The second-order valence-corrected chi connectivity index (χ2v) is 6.48. The second kappa shape index (κ2) is 6.60. The van der Waals surface area contributed by atoms with Gasteiger partial charge in [0.1, 0.15) is 0 Å². The third-order valence-corrected chi connectivity index (χ3v) is 5.10. The zero-order chi connectivity index (χ0) is 14.7. The molecule has 2 fully saturated rings. The van der Waals surface area contributed by atoms with E-state index < -0.39 is 0 Å². The maximum Gasteiger partial charge on any atom is 0.0641 e. The number of nitrogens with zero attached hydrogens (tertiary/aromatic N) is 3. The van der Waals surface area contributed by atoms with Crippen molar-refractivity contribution in [1.82, 2.24) is 9.80 Å². The minimum absolute atomic E-state index is 0.246. The molecule has 0 radical (unpaired) electrons. The van der Waals surface area contributed by atoms with Crippen LogP contribution >= 0.6 is 0 Å². The topological polar surface area (TPSA) is 30.3 Å². The van der Waals surface area contributed by atoms with Crippen molar-refractivity contribution in [3.63, 3.8) is 0 Å². The Morgan fingerprint density at radius 3 is 2.81 bits per heavy atom. The van der Waals surface area contributed by atoms with E-state index in [1.165, 1.54) is 31.4 Å². The molecule has 0 spiro atoms. The van der Waals surface area contributed by atoms with Crippen molar-refractivity contribution >= 4 is 0 Å². The van der Waals surface area contributed by atoms with E-state index in [0.29, 0.717) is 18.5 Å².